The lowest BCUT2D eigenvalue weighted by Gasteiger charge is -2.32. The van der Waals surface area contributed by atoms with Gasteiger partial charge in [-0.2, -0.15) is 73.1 Å². The highest BCUT2D eigenvalue weighted by Gasteiger charge is 2.64. The molecule has 4 atom stereocenters. The molecule has 16 N–H and O–H groups in total. The van der Waals surface area contributed by atoms with E-state index in [1.165, 1.54) is 73.5 Å². The number of anilines is 8. The van der Waals surface area contributed by atoms with E-state index in [0.29, 0.717) is 73.3 Å². The Morgan fingerprint density at radius 1 is 0.381 bits per heavy atom. The lowest BCUT2D eigenvalue weighted by Crippen LogP contribution is -2.41. The number of nitrogen functional groups attached to an aromatic ring is 4. The second-order valence-corrected chi connectivity index (χ2v) is 33.5. The summed E-state index contributed by atoms with van der Waals surface area (Å²) in [6.45, 7) is 31.0. The summed E-state index contributed by atoms with van der Waals surface area (Å²) in [5.74, 6) is 5.94. The number of hydrogen-bond donors (Lipinski definition) is 11. The molecule has 4 aromatic carbocycles. The van der Waals surface area contributed by atoms with Gasteiger partial charge < -0.3 is 87.2 Å². The van der Waals surface area contributed by atoms with Gasteiger partial charge in [-0.1, -0.05) is 0 Å². The number of hydrogen-bond acceptors (Lipinski definition) is 26. The Bertz CT molecular complexity index is 5580. The Hall–Kier alpha value is -10.8. The number of rotatable bonds is 15. The van der Waals surface area contributed by atoms with Crippen molar-refractivity contribution in [3.8, 4) is 11.5 Å². The minimum Gasteiger partial charge on any atom is -0.506 e. The summed E-state index contributed by atoms with van der Waals surface area (Å²) in [4.78, 5) is 16.7. The lowest BCUT2D eigenvalue weighted by atomic mass is 9.49. The predicted molar refractivity (Wildman–Crippen MR) is 461 cm³/mol. The Kier molecular flexibility index (Phi) is 29.5. The fraction of sp³-hybridized carbons (Fsp3) is 0.392. The number of benzene rings is 4. The van der Waals surface area contributed by atoms with Crippen molar-refractivity contribution in [2.24, 2.45) is 5.90 Å². The van der Waals surface area contributed by atoms with E-state index in [9.17, 15) is 57.8 Å². The molecule has 0 aliphatic carbocycles. The molecule has 0 spiro atoms. The van der Waals surface area contributed by atoms with Gasteiger partial charge in [0, 0.05) is 57.2 Å². The van der Waals surface area contributed by atoms with Crippen LogP contribution in [0.1, 0.15) is 179 Å². The molecule has 126 heavy (non-hydrogen) atoms. The average molecular weight is 1860 g/mol. The van der Waals surface area contributed by atoms with Crippen molar-refractivity contribution in [1.82, 2.24) is 58.4 Å². The molecular formula is C79H96B3BrClF12N21O9. The maximum absolute atomic E-state index is 13.2. The number of nitrogens with two attached hydrogens (primary N) is 5. The van der Waals surface area contributed by atoms with E-state index in [4.69, 9.17) is 60.8 Å². The minimum atomic E-state index is -4.48. The number of nitrogens with one attached hydrogen (secondary N) is 4. The number of fused-ring (bicyclic) bond motifs is 4. The zero-order valence-corrected chi connectivity index (χ0v) is 73.6. The largest absolute Gasteiger partial charge is 0.506 e. The molecule has 8 aromatic heterocycles. The van der Waals surface area contributed by atoms with Crippen molar-refractivity contribution in [2.45, 2.75) is 193 Å². The number of aromatic hydroxyl groups is 1. The standard InChI is InChI=1S/C21H25BF3N5O2.C16H16F3N5O.C15H13BrF3N5.C15H14F3N5O.C12H24B2O4.ClH.H3NO/c1-12(13-6-14(21(23,24)25)8-16(26)7-13)29-18-17-9-15(10-30(17)28-11-27-18)22-31-19(2,3)20(4,5)32-22;1-9(10-3-11(16(17,18)19)5-12(20)4-10)23-15-14-6-13(25-2)7-24(14)22-8-21-15;1-8(9-2-10(15(17,18)19)4-12(20)3-9)23-14-13-5-11(16)6-24(13)22-7-21-14;1-8(9-2-10(15(16,17)18)4-11(19)3-9)22-14-13-5-12(24)6-23(13)21-7-20-14;1-9(2)10(3,4)16-13(15-9)14-17-11(5,6)12(7,8)18-14;;1-2/h6-12H,26H2,1-5H3,(H,27,28,29);3-9H,20H2,1-2H3,(H,21,22,23);2-8H,20H2,1H3,(H,21,22,23);2-8,24H,19H2,1H3,(H,20,21,22);1-8H3;1H;2H,1H2/t12-;9-;2*8-;;;/m1111.../s1. The van der Waals surface area contributed by atoms with Gasteiger partial charge in [0.05, 0.1) is 99.5 Å². The lowest BCUT2D eigenvalue weighted by molar-refractivity contribution is -0.138. The van der Waals surface area contributed by atoms with Crippen LogP contribution in [0.4, 0.5) is 98.7 Å². The van der Waals surface area contributed by atoms with Crippen LogP contribution in [0, 0.1) is 0 Å². The summed E-state index contributed by atoms with van der Waals surface area (Å²) >= 11 is 3.35. The van der Waals surface area contributed by atoms with E-state index in [0.717, 1.165) is 58.5 Å². The molecule has 15 rings (SSSR count). The minimum absolute atomic E-state index is 0. The van der Waals surface area contributed by atoms with E-state index in [1.54, 1.807) is 65.9 Å². The summed E-state index contributed by atoms with van der Waals surface area (Å²) in [5.41, 5.74) is 22.0. The molecule has 678 valence electrons. The zero-order valence-electron chi connectivity index (χ0n) is 71.2. The van der Waals surface area contributed by atoms with E-state index in [2.05, 4.69) is 83.4 Å². The van der Waals surface area contributed by atoms with Crippen molar-refractivity contribution < 1.29 is 95.7 Å². The third kappa shape index (κ3) is 23.1. The highest BCUT2D eigenvalue weighted by Crippen LogP contribution is 2.45. The van der Waals surface area contributed by atoms with Crippen LogP contribution in [-0.2, 0) is 52.6 Å². The van der Waals surface area contributed by atoms with Crippen LogP contribution >= 0.6 is 28.3 Å². The van der Waals surface area contributed by atoms with Gasteiger partial charge in [-0.15, -0.1) is 12.4 Å². The maximum Gasteiger partial charge on any atom is 0.496 e. The molecule has 11 heterocycles. The molecule has 12 aromatic rings. The third-order valence-corrected chi connectivity index (χ3v) is 22.2. The number of alkyl halides is 12. The van der Waals surface area contributed by atoms with Crippen LogP contribution in [0.25, 0.3) is 22.1 Å². The molecule has 3 saturated heterocycles. The van der Waals surface area contributed by atoms with Gasteiger partial charge in [-0.25, -0.2) is 43.9 Å². The predicted octanol–water partition coefficient (Wildman–Crippen LogP) is 16.8. The molecule has 0 bridgehead atoms. The summed E-state index contributed by atoms with van der Waals surface area (Å²) in [6, 6.07) is 18.9. The monoisotopic (exact) mass is 1860 g/mol. The second-order valence-electron chi connectivity index (χ2n) is 32.6. The van der Waals surface area contributed by atoms with Gasteiger partial charge in [0.25, 0.3) is 0 Å². The first-order chi connectivity index (χ1) is 57.9. The quantitative estimate of drug-likeness (QED) is 0.0196. The Morgan fingerprint density at radius 3 is 0.944 bits per heavy atom. The molecule has 3 aliphatic heterocycles. The molecule has 3 fully saturated rings. The topological polar surface area (TPSA) is 404 Å². The second kappa shape index (κ2) is 37.6. The summed E-state index contributed by atoms with van der Waals surface area (Å²) in [6.07, 6.45) is -5.86. The molecule has 0 radical (unpaired) electrons. The van der Waals surface area contributed by atoms with Crippen molar-refractivity contribution in [3.05, 3.63) is 196 Å². The maximum atomic E-state index is 13.2. The molecule has 0 amide bonds. The molecule has 47 heteroatoms. The van der Waals surface area contributed by atoms with Crippen LogP contribution in [0.2, 0.25) is 0 Å². The highest BCUT2D eigenvalue weighted by molar-refractivity contribution is 9.10. The summed E-state index contributed by atoms with van der Waals surface area (Å²) in [7, 11) is 0.00548. The molecule has 3 aliphatic rings. The number of aromatic nitrogens is 12. The number of halogens is 14. The Morgan fingerprint density at radius 2 is 0.643 bits per heavy atom. The zero-order chi connectivity index (χ0) is 92.6. The van der Waals surface area contributed by atoms with Crippen molar-refractivity contribution >= 4 is 123 Å². The van der Waals surface area contributed by atoms with Gasteiger partial charge in [0.15, 0.2) is 23.3 Å². The van der Waals surface area contributed by atoms with Crippen LogP contribution in [0.5, 0.6) is 11.5 Å². The number of ether oxygens (including phenoxy) is 1. The molecule has 0 unspecified atom stereocenters. The third-order valence-electron chi connectivity index (χ3n) is 21.7. The van der Waals surface area contributed by atoms with Crippen LogP contribution in [0.3, 0.4) is 0 Å². The number of methoxy groups -OCH3 is 1. The fourth-order valence-corrected chi connectivity index (χ4v) is 13.3. The van der Waals surface area contributed by atoms with Gasteiger partial charge in [-0.3, -0.25) is 0 Å². The highest BCUT2D eigenvalue weighted by atomic mass is 79.9. The molecular weight excluding hydrogens is 1760 g/mol. The van der Waals surface area contributed by atoms with Gasteiger partial charge >= 0.3 is 45.8 Å². The number of nitrogens with zero attached hydrogens (tertiary/aromatic N) is 12. The van der Waals surface area contributed by atoms with Crippen LogP contribution < -0.4 is 60.3 Å². The SMILES string of the molecule is CC1(C)OB(B2OC(C)(C)C(C)(C)O2)OC1(C)C.COc1cc2c(N[C@H](C)c3cc(N)cc(C(F)(F)F)c3)ncnn2c1.C[C@@H](Nc1ncnn2cc(B3OC(C)(C)C(C)(C)O3)cc12)c1cc(N)cc(C(F)(F)F)c1.C[C@@H](Nc1ncnn2cc(Br)cc12)c1cc(N)cc(C(F)(F)F)c1.C[C@@H](Nc1ncnn2cc(O)cc12)c1cc(N)cc(C(F)(F)F)c1.Cl.NO. The Balaban J connectivity index is 0.000000179. The Labute approximate surface area is 731 Å². The smallest absolute Gasteiger partial charge is 0.496 e. The van der Waals surface area contributed by atoms with Gasteiger partial charge in [-0.05, 0) is 234 Å². The van der Waals surface area contributed by atoms with Crippen molar-refractivity contribution in [1.29, 1.82) is 0 Å². The van der Waals surface area contributed by atoms with E-state index in [1.807, 2.05) is 95.2 Å². The molecule has 30 nitrogen and oxygen atoms in total. The first-order valence-corrected chi connectivity index (χ1v) is 39.2. The first kappa shape index (κ1) is 98.9. The molecule has 0 saturated carbocycles. The van der Waals surface area contributed by atoms with Gasteiger partial charge in [0.2, 0.25) is 0 Å². The van der Waals surface area contributed by atoms with Gasteiger partial charge in [0.1, 0.15) is 58.9 Å². The van der Waals surface area contributed by atoms with E-state index < -0.39 is 103 Å². The average Bonchev–Trinajstić information content (AvgIpc) is 1.59. The van der Waals surface area contributed by atoms with Crippen molar-refractivity contribution in [2.75, 3.05) is 51.3 Å². The summed E-state index contributed by atoms with van der Waals surface area (Å²) < 4.78 is 204. The summed E-state index contributed by atoms with van der Waals surface area (Å²) in [5, 5.41) is 44.7. The van der Waals surface area contributed by atoms with Crippen LogP contribution in [-0.4, -0.2) is 131 Å². The van der Waals surface area contributed by atoms with E-state index in [-0.39, 0.29) is 63.3 Å². The van der Waals surface area contributed by atoms with E-state index >= 15 is 0 Å². The first-order valence-electron chi connectivity index (χ1n) is 38.4. The normalized spacial score (nSPS) is 17.0. The van der Waals surface area contributed by atoms with Crippen LogP contribution in [0.15, 0.2) is 152 Å². The van der Waals surface area contributed by atoms with Crippen molar-refractivity contribution in [3.63, 3.8) is 0 Å². The fourth-order valence-electron chi connectivity index (χ4n) is 12.8.